The molecule has 2 unspecified atom stereocenters. The van der Waals surface area contributed by atoms with Crippen molar-refractivity contribution in [3.05, 3.63) is 0 Å². The van der Waals surface area contributed by atoms with Crippen molar-refractivity contribution >= 4 is 10.1 Å². The maximum Gasteiger partial charge on any atom is 1.00 e. The standard InChI is InChI=1S/C22H46O4S.Na/c1-3-5-17-21(23)18-15-13-11-9-7-8-10-12-14-16-20-22(19-6-4-2)27(24,25)26;/h21-23H,3-20H2,1-2H3,(H,24,25,26);/q;+1/p-1. The molecular formula is C22H45NaO4S. The molecule has 164 valence electrons. The first-order chi connectivity index (χ1) is 12.9. The second-order valence-corrected chi connectivity index (χ2v) is 9.82. The van der Waals surface area contributed by atoms with Gasteiger partial charge in [0.15, 0.2) is 0 Å². The van der Waals surface area contributed by atoms with Crippen molar-refractivity contribution in [1.29, 1.82) is 0 Å². The normalized spacial score (nSPS) is 13.9. The number of aliphatic hydroxyl groups is 1. The molecule has 4 nitrogen and oxygen atoms in total. The largest absolute Gasteiger partial charge is 1.00 e. The number of rotatable bonds is 20. The molecule has 0 bridgehead atoms. The molecule has 0 aromatic rings. The molecule has 0 amide bonds. The van der Waals surface area contributed by atoms with Crippen LogP contribution in [-0.2, 0) is 10.1 Å². The van der Waals surface area contributed by atoms with Crippen LogP contribution in [0.2, 0.25) is 0 Å². The average Bonchev–Trinajstić information content (AvgIpc) is 2.62. The van der Waals surface area contributed by atoms with Crippen LogP contribution in [0.4, 0.5) is 0 Å². The molecule has 6 heteroatoms. The third-order valence-corrected chi connectivity index (χ3v) is 6.78. The Hall–Kier alpha value is 0.870. The molecule has 0 saturated carbocycles. The van der Waals surface area contributed by atoms with E-state index in [1.54, 1.807) is 0 Å². The van der Waals surface area contributed by atoms with Crippen LogP contribution in [0.25, 0.3) is 0 Å². The molecule has 0 aliphatic heterocycles. The van der Waals surface area contributed by atoms with Crippen LogP contribution in [0.1, 0.15) is 129 Å². The first-order valence-corrected chi connectivity index (χ1v) is 13.0. The molecule has 0 radical (unpaired) electrons. The predicted octanol–water partition coefficient (Wildman–Crippen LogP) is 3.33. The molecule has 0 aliphatic rings. The Morgan fingerprint density at radius 2 is 0.964 bits per heavy atom. The van der Waals surface area contributed by atoms with Crippen LogP contribution in [0.5, 0.6) is 0 Å². The Morgan fingerprint density at radius 3 is 1.39 bits per heavy atom. The van der Waals surface area contributed by atoms with Crippen molar-refractivity contribution in [1.82, 2.24) is 0 Å². The van der Waals surface area contributed by atoms with Crippen LogP contribution in [0, 0.1) is 0 Å². The van der Waals surface area contributed by atoms with Crippen LogP contribution in [0.3, 0.4) is 0 Å². The Bertz CT molecular complexity index is 415. The summed E-state index contributed by atoms with van der Waals surface area (Å²) in [6, 6.07) is 0. The fourth-order valence-corrected chi connectivity index (χ4v) is 4.53. The van der Waals surface area contributed by atoms with Crippen molar-refractivity contribution in [2.75, 3.05) is 0 Å². The van der Waals surface area contributed by atoms with E-state index in [4.69, 9.17) is 0 Å². The van der Waals surface area contributed by atoms with Crippen molar-refractivity contribution in [2.24, 2.45) is 0 Å². The molecule has 0 spiro atoms. The van der Waals surface area contributed by atoms with Crippen LogP contribution < -0.4 is 29.6 Å². The third kappa shape index (κ3) is 20.2. The minimum atomic E-state index is -4.13. The summed E-state index contributed by atoms with van der Waals surface area (Å²) in [4.78, 5) is 0. The SMILES string of the molecule is CCCCC(O)CCCCCCCCCCCCC(CCCC)S(=O)(=O)[O-].[Na+]. The summed E-state index contributed by atoms with van der Waals surface area (Å²) in [5.74, 6) is 0. The van der Waals surface area contributed by atoms with Crippen LogP contribution in [-0.4, -0.2) is 29.4 Å². The molecular weight excluding hydrogens is 383 g/mol. The Labute approximate surface area is 197 Å². The van der Waals surface area contributed by atoms with Crippen molar-refractivity contribution in [3.8, 4) is 0 Å². The van der Waals surface area contributed by atoms with E-state index >= 15 is 0 Å². The zero-order valence-corrected chi connectivity index (χ0v) is 21.8. The first-order valence-electron chi connectivity index (χ1n) is 11.5. The number of hydrogen-bond donors (Lipinski definition) is 1. The van der Waals surface area contributed by atoms with E-state index in [2.05, 4.69) is 6.92 Å². The molecule has 0 heterocycles. The van der Waals surface area contributed by atoms with Crippen molar-refractivity contribution in [2.45, 2.75) is 141 Å². The summed E-state index contributed by atoms with van der Waals surface area (Å²) in [6.07, 6.45) is 18.6. The van der Waals surface area contributed by atoms with Gasteiger partial charge < -0.3 is 9.66 Å². The maximum absolute atomic E-state index is 11.3. The molecule has 0 rings (SSSR count). The third-order valence-electron chi connectivity index (χ3n) is 5.49. The second-order valence-electron chi connectivity index (χ2n) is 8.17. The van der Waals surface area contributed by atoms with Crippen molar-refractivity contribution < 1.29 is 47.6 Å². The quantitative estimate of drug-likeness (QED) is 0.183. The molecule has 28 heavy (non-hydrogen) atoms. The number of aliphatic hydroxyl groups excluding tert-OH is 1. The summed E-state index contributed by atoms with van der Waals surface area (Å²) in [6.45, 7) is 4.18. The fraction of sp³-hybridized carbons (Fsp3) is 1.00. The van der Waals surface area contributed by atoms with Gasteiger partial charge in [0.25, 0.3) is 0 Å². The van der Waals surface area contributed by atoms with E-state index < -0.39 is 15.4 Å². The summed E-state index contributed by atoms with van der Waals surface area (Å²) in [5.41, 5.74) is 0. The topological polar surface area (TPSA) is 77.4 Å². The van der Waals surface area contributed by atoms with Crippen LogP contribution >= 0.6 is 0 Å². The molecule has 0 saturated heterocycles. The van der Waals surface area contributed by atoms with E-state index in [0.717, 1.165) is 64.2 Å². The minimum absolute atomic E-state index is 0. The smallest absolute Gasteiger partial charge is 0.748 e. The maximum atomic E-state index is 11.3. The fourth-order valence-electron chi connectivity index (χ4n) is 3.62. The zero-order chi connectivity index (χ0) is 20.4. The van der Waals surface area contributed by atoms with Gasteiger partial charge in [0.2, 0.25) is 0 Å². The van der Waals surface area contributed by atoms with Gasteiger partial charge in [-0.25, -0.2) is 8.42 Å². The van der Waals surface area contributed by atoms with E-state index in [0.29, 0.717) is 12.8 Å². The predicted molar refractivity (Wildman–Crippen MR) is 114 cm³/mol. The summed E-state index contributed by atoms with van der Waals surface area (Å²) >= 11 is 0. The van der Waals surface area contributed by atoms with Gasteiger partial charge in [0.05, 0.1) is 16.2 Å². The van der Waals surface area contributed by atoms with Gasteiger partial charge >= 0.3 is 29.6 Å². The average molecular weight is 429 g/mol. The van der Waals surface area contributed by atoms with Gasteiger partial charge in [0.1, 0.15) is 0 Å². The Balaban J connectivity index is 0. The molecule has 0 aromatic heterocycles. The number of hydrogen-bond acceptors (Lipinski definition) is 4. The monoisotopic (exact) mass is 428 g/mol. The van der Waals surface area contributed by atoms with Gasteiger partial charge in [0, 0.05) is 5.25 Å². The summed E-state index contributed by atoms with van der Waals surface area (Å²) in [7, 11) is -4.13. The van der Waals surface area contributed by atoms with E-state index in [1.807, 2.05) is 6.92 Å². The van der Waals surface area contributed by atoms with E-state index in [-0.39, 0.29) is 35.7 Å². The van der Waals surface area contributed by atoms with Gasteiger partial charge in [-0.15, -0.1) is 0 Å². The number of unbranched alkanes of at least 4 members (excludes halogenated alkanes) is 11. The minimum Gasteiger partial charge on any atom is -0.748 e. The Kier molecular flexibility index (Phi) is 23.4. The molecule has 2 atom stereocenters. The Morgan fingerprint density at radius 1 is 0.643 bits per heavy atom. The van der Waals surface area contributed by atoms with Gasteiger partial charge in [-0.2, -0.15) is 0 Å². The van der Waals surface area contributed by atoms with Gasteiger partial charge in [-0.3, -0.25) is 0 Å². The summed E-state index contributed by atoms with van der Waals surface area (Å²) in [5, 5.41) is 9.13. The van der Waals surface area contributed by atoms with Crippen LogP contribution in [0.15, 0.2) is 0 Å². The molecule has 1 N–H and O–H groups in total. The molecule has 0 aliphatic carbocycles. The summed E-state index contributed by atoms with van der Waals surface area (Å²) < 4.78 is 33.8. The van der Waals surface area contributed by atoms with E-state index in [1.165, 1.54) is 38.5 Å². The van der Waals surface area contributed by atoms with Crippen molar-refractivity contribution in [3.63, 3.8) is 0 Å². The molecule has 0 aromatic carbocycles. The van der Waals surface area contributed by atoms with E-state index in [9.17, 15) is 18.1 Å². The molecule has 0 fully saturated rings. The van der Waals surface area contributed by atoms with Gasteiger partial charge in [-0.05, 0) is 25.7 Å². The first kappa shape index (κ1) is 31.1. The second kappa shape index (κ2) is 21.1. The van der Waals surface area contributed by atoms with Gasteiger partial charge in [-0.1, -0.05) is 104 Å². The zero-order valence-electron chi connectivity index (χ0n) is 19.0.